The van der Waals surface area contributed by atoms with E-state index in [1.165, 1.54) is 0 Å². The number of nitrogens with one attached hydrogen (secondary N) is 2. The molecule has 2 rings (SSSR count). The Morgan fingerprint density at radius 1 is 1.08 bits per heavy atom. The van der Waals surface area contributed by atoms with E-state index in [0.29, 0.717) is 11.0 Å². The van der Waals surface area contributed by atoms with E-state index in [9.17, 15) is 9.59 Å². The number of benzene rings is 1. The first-order valence-electron chi connectivity index (χ1n) is 3.59. The Hall–Kier alpha value is -1.36. The second-order valence-corrected chi connectivity index (χ2v) is 3.42. The van der Waals surface area contributed by atoms with Crippen LogP contribution in [-0.2, 0) is 0 Å². The Balaban J connectivity index is 3.06. The van der Waals surface area contributed by atoms with Crippen LogP contribution in [0.1, 0.15) is 0 Å². The minimum atomic E-state index is -0.639. The van der Waals surface area contributed by atoms with E-state index in [1.54, 1.807) is 18.2 Å². The summed E-state index contributed by atoms with van der Waals surface area (Å²) in [6.07, 6.45) is 0. The molecule has 0 saturated heterocycles. The number of hydrogen-bond acceptors (Lipinski definition) is 2. The van der Waals surface area contributed by atoms with Gasteiger partial charge < -0.3 is 9.97 Å². The lowest BCUT2D eigenvalue weighted by Crippen LogP contribution is -2.28. The minimum Gasteiger partial charge on any atom is -0.316 e. The molecule has 0 unspecified atom stereocenters. The number of aromatic nitrogens is 2. The topological polar surface area (TPSA) is 65.7 Å². The molecule has 0 radical (unpaired) electrons. The molecule has 0 saturated carbocycles. The van der Waals surface area contributed by atoms with E-state index in [4.69, 9.17) is 0 Å². The maximum atomic E-state index is 11.0. The van der Waals surface area contributed by atoms with Crippen molar-refractivity contribution in [3.63, 3.8) is 0 Å². The average Bonchev–Trinajstić information content (AvgIpc) is 2.09. The Morgan fingerprint density at radius 2 is 1.77 bits per heavy atom. The van der Waals surface area contributed by atoms with E-state index in [0.717, 1.165) is 4.47 Å². The largest absolute Gasteiger partial charge is 0.316 e. The molecule has 1 aromatic carbocycles. The van der Waals surface area contributed by atoms with Gasteiger partial charge in [0.15, 0.2) is 0 Å². The van der Waals surface area contributed by atoms with Gasteiger partial charge in [-0.3, -0.25) is 9.59 Å². The van der Waals surface area contributed by atoms with Gasteiger partial charge in [-0.25, -0.2) is 0 Å². The smallest absolute Gasteiger partial charge is 0.314 e. The zero-order valence-electron chi connectivity index (χ0n) is 6.43. The summed E-state index contributed by atoms with van der Waals surface area (Å²) in [6.45, 7) is 0. The molecular formula is C8H5BrN2O2. The lowest BCUT2D eigenvalue weighted by atomic mass is 10.3. The Morgan fingerprint density at radius 3 is 2.54 bits per heavy atom. The number of fused-ring (bicyclic) bond motifs is 1. The Bertz CT molecular complexity index is 570. The van der Waals surface area contributed by atoms with Gasteiger partial charge in [0, 0.05) is 4.47 Å². The molecule has 0 spiro atoms. The molecule has 66 valence electrons. The predicted octanol–water partition coefficient (Wildman–Crippen LogP) is 0.979. The molecule has 0 aliphatic heterocycles. The second kappa shape index (κ2) is 2.85. The summed E-state index contributed by atoms with van der Waals surface area (Å²) < 4.78 is 0.748. The molecule has 0 atom stereocenters. The van der Waals surface area contributed by atoms with E-state index in [2.05, 4.69) is 25.9 Å². The third-order valence-electron chi connectivity index (χ3n) is 1.71. The van der Waals surface area contributed by atoms with Crippen LogP contribution >= 0.6 is 15.9 Å². The molecule has 0 aliphatic carbocycles. The van der Waals surface area contributed by atoms with Crippen LogP contribution in [0.5, 0.6) is 0 Å². The Kier molecular flexibility index (Phi) is 1.81. The van der Waals surface area contributed by atoms with Crippen molar-refractivity contribution in [2.75, 3.05) is 0 Å². The van der Waals surface area contributed by atoms with Crippen molar-refractivity contribution in [1.29, 1.82) is 0 Å². The molecule has 0 aliphatic rings. The molecule has 4 nitrogen and oxygen atoms in total. The summed E-state index contributed by atoms with van der Waals surface area (Å²) in [4.78, 5) is 26.8. The lowest BCUT2D eigenvalue weighted by Gasteiger charge is -1.97. The summed E-state index contributed by atoms with van der Waals surface area (Å²) in [5.41, 5.74) is -0.0592. The maximum absolute atomic E-state index is 11.0. The van der Waals surface area contributed by atoms with Crippen molar-refractivity contribution >= 4 is 27.0 Å². The van der Waals surface area contributed by atoms with Crippen molar-refractivity contribution in [2.24, 2.45) is 0 Å². The average molecular weight is 241 g/mol. The lowest BCUT2D eigenvalue weighted by molar-refractivity contribution is 1.14. The molecular weight excluding hydrogens is 236 g/mol. The van der Waals surface area contributed by atoms with Crippen molar-refractivity contribution in [3.8, 4) is 0 Å². The van der Waals surface area contributed by atoms with E-state index >= 15 is 0 Å². The fourth-order valence-corrected chi connectivity index (χ4v) is 1.57. The molecule has 0 bridgehead atoms. The normalized spacial score (nSPS) is 10.5. The van der Waals surface area contributed by atoms with Crippen LogP contribution in [0.4, 0.5) is 0 Å². The number of H-pyrrole nitrogens is 2. The van der Waals surface area contributed by atoms with Gasteiger partial charge in [-0.1, -0.05) is 6.07 Å². The third kappa shape index (κ3) is 1.31. The fourth-order valence-electron chi connectivity index (χ4n) is 1.10. The standard InChI is InChI=1S/C8H5BrN2O2/c9-4-2-1-3-5-6(4)11-8(13)7(12)10-5/h1-3H,(H,10,12)(H,11,13). The van der Waals surface area contributed by atoms with Crippen LogP contribution in [0, 0.1) is 0 Å². The van der Waals surface area contributed by atoms with Crippen molar-refractivity contribution in [1.82, 2.24) is 9.97 Å². The highest BCUT2D eigenvalue weighted by Crippen LogP contribution is 2.17. The van der Waals surface area contributed by atoms with E-state index in [1.807, 2.05) is 0 Å². The van der Waals surface area contributed by atoms with Gasteiger partial charge in [0.2, 0.25) is 0 Å². The summed E-state index contributed by atoms with van der Waals surface area (Å²) in [7, 11) is 0. The van der Waals surface area contributed by atoms with Crippen LogP contribution in [0.2, 0.25) is 0 Å². The quantitative estimate of drug-likeness (QED) is 0.675. The Labute approximate surface area is 80.7 Å². The van der Waals surface area contributed by atoms with Crippen LogP contribution in [0.25, 0.3) is 11.0 Å². The molecule has 0 amide bonds. The molecule has 1 aromatic heterocycles. The van der Waals surface area contributed by atoms with Crippen LogP contribution in [0.3, 0.4) is 0 Å². The first-order chi connectivity index (χ1) is 6.18. The van der Waals surface area contributed by atoms with Crippen LogP contribution in [-0.4, -0.2) is 9.97 Å². The zero-order chi connectivity index (χ0) is 9.42. The third-order valence-corrected chi connectivity index (χ3v) is 2.37. The van der Waals surface area contributed by atoms with Crippen molar-refractivity contribution in [3.05, 3.63) is 43.4 Å². The van der Waals surface area contributed by atoms with Gasteiger partial charge in [-0.05, 0) is 28.1 Å². The highest BCUT2D eigenvalue weighted by Gasteiger charge is 2.00. The van der Waals surface area contributed by atoms with Gasteiger partial charge in [0.25, 0.3) is 0 Å². The van der Waals surface area contributed by atoms with E-state index < -0.39 is 11.1 Å². The monoisotopic (exact) mass is 240 g/mol. The molecule has 5 heteroatoms. The van der Waals surface area contributed by atoms with Gasteiger partial charge in [-0.2, -0.15) is 0 Å². The summed E-state index contributed by atoms with van der Waals surface area (Å²) in [5.74, 6) is 0. The predicted molar refractivity (Wildman–Crippen MR) is 52.9 cm³/mol. The molecule has 1 heterocycles. The van der Waals surface area contributed by atoms with Gasteiger partial charge in [0.05, 0.1) is 11.0 Å². The van der Waals surface area contributed by atoms with Gasteiger partial charge >= 0.3 is 11.1 Å². The van der Waals surface area contributed by atoms with Crippen molar-refractivity contribution in [2.45, 2.75) is 0 Å². The minimum absolute atomic E-state index is 0.604. The van der Waals surface area contributed by atoms with Crippen LogP contribution < -0.4 is 11.1 Å². The van der Waals surface area contributed by atoms with E-state index in [-0.39, 0.29) is 0 Å². The van der Waals surface area contributed by atoms with Crippen molar-refractivity contribution < 1.29 is 0 Å². The summed E-state index contributed by atoms with van der Waals surface area (Å²) >= 11 is 3.26. The second-order valence-electron chi connectivity index (χ2n) is 2.57. The fraction of sp³-hybridized carbons (Fsp3) is 0. The number of hydrogen-bond donors (Lipinski definition) is 2. The maximum Gasteiger partial charge on any atom is 0.314 e. The highest BCUT2D eigenvalue weighted by atomic mass is 79.9. The first-order valence-corrected chi connectivity index (χ1v) is 4.38. The number of rotatable bonds is 0. The molecule has 2 N–H and O–H groups in total. The molecule has 0 fully saturated rings. The van der Waals surface area contributed by atoms with Crippen LogP contribution in [0.15, 0.2) is 32.3 Å². The number of para-hydroxylation sites is 1. The summed E-state index contributed by atoms with van der Waals surface area (Å²) in [5, 5.41) is 0. The van der Waals surface area contributed by atoms with Gasteiger partial charge in [0.1, 0.15) is 0 Å². The number of halogens is 1. The molecule has 2 aromatic rings. The zero-order valence-corrected chi connectivity index (χ0v) is 8.01. The summed E-state index contributed by atoms with van der Waals surface area (Å²) in [6, 6.07) is 5.29. The molecule has 13 heavy (non-hydrogen) atoms. The first kappa shape index (κ1) is 8.25. The SMILES string of the molecule is O=c1[nH]c2cccc(Br)c2[nH]c1=O. The highest BCUT2D eigenvalue weighted by molar-refractivity contribution is 9.10. The number of aromatic amines is 2. The van der Waals surface area contributed by atoms with Gasteiger partial charge in [-0.15, -0.1) is 0 Å².